The van der Waals surface area contributed by atoms with Crippen LogP contribution in [0.3, 0.4) is 0 Å². The first kappa shape index (κ1) is 17.3. The highest BCUT2D eigenvalue weighted by atomic mass is 32.2. The summed E-state index contributed by atoms with van der Waals surface area (Å²) >= 11 is 0. The predicted octanol–water partition coefficient (Wildman–Crippen LogP) is 3.13. The van der Waals surface area contributed by atoms with Crippen LogP contribution < -0.4 is 10.1 Å². The van der Waals surface area contributed by atoms with Crippen LogP contribution in [0, 0.1) is 0 Å². The van der Waals surface area contributed by atoms with Crippen molar-refractivity contribution in [3.63, 3.8) is 0 Å². The molecule has 1 fully saturated rings. The van der Waals surface area contributed by atoms with Gasteiger partial charge in [0, 0.05) is 13.1 Å². The van der Waals surface area contributed by atoms with Gasteiger partial charge < -0.3 is 15.0 Å². The molecule has 0 bridgehead atoms. The van der Waals surface area contributed by atoms with Crippen molar-refractivity contribution in [3.05, 3.63) is 54.6 Å². The summed E-state index contributed by atoms with van der Waals surface area (Å²) in [6, 6.07) is 16.1. The van der Waals surface area contributed by atoms with E-state index in [0.29, 0.717) is 17.2 Å². The molecule has 0 saturated carbocycles. The lowest BCUT2D eigenvalue weighted by Gasteiger charge is -2.31. The fraction of sp³-hybridized carbons (Fsp3) is 0.278. The molecule has 1 atom stereocenters. The Bertz CT molecular complexity index is 852. The highest BCUT2D eigenvalue weighted by Crippen LogP contribution is 2.29. The van der Waals surface area contributed by atoms with Gasteiger partial charge in [-0.05, 0) is 31.2 Å². The van der Waals surface area contributed by atoms with E-state index in [4.69, 9.17) is 4.74 Å². The summed E-state index contributed by atoms with van der Waals surface area (Å²) in [4.78, 5) is 14.0. The second-order valence-corrected chi connectivity index (χ2v) is 8.50. The lowest BCUT2D eigenvalue weighted by Crippen LogP contribution is -2.49. The second kappa shape index (κ2) is 7.14. The summed E-state index contributed by atoms with van der Waals surface area (Å²) in [5.74, 6) is 1.19. The van der Waals surface area contributed by atoms with E-state index in [1.54, 1.807) is 25.1 Å². The fourth-order valence-corrected chi connectivity index (χ4v) is 3.89. The number of hydrogen-bond acceptors (Lipinski definition) is 4. The smallest absolute Gasteiger partial charge is 0.322 e. The number of nitrogens with zero attached hydrogens (tertiary/aromatic N) is 1. The van der Waals surface area contributed by atoms with Crippen LogP contribution in [-0.4, -0.2) is 43.4 Å². The van der Waals surface area contributed by atoms with Gasteiger partial charge in [0.1, 0.15) is 5.75 Å². The van der Waals surface area contributed by atoms with Crippen molar-refractivity contribution in [2.75, 3.05) is 24.2 Å². The Morgan fingerprint density at radius 2 is 1.80 bits per heavy atom. The molecule has 2 aromatic rings. The predicted molar refractivity (Wildman–Crippen MR) is 96.8 cm³/mol. The number of benzene rings is 2. The Morgan fingerprint density at radius 1 is 1.12 bits per heavy atom. The molecule has 0 spiro atoms. The summed E-state index contributed by atoms with van der Waals surface area (Å²) in [5.41, 5.74) is 0.539. The van der Waals surface area contributed by atoms with Gasteiger partial charge in [-0.1, -0.05) is 30.3 Å². The molecule has 25 heavy (non-hydrogen) atoms. The molecule has 1 aliphatic heterocycles. The minimum atomic E-state index is -3.10. The molecule has 3 rings (SSSR count). The van der Waals surface area contributed by atoms with E-state index < -0.39 is 15.1 Å². The number of rotatable bonds is 3. The number of hydrogen-bond donors (Lipinski definition) is 1. The molecule has 7 heteroatoms. The quantitative estimate of drug-likeness (QED) is 0.912. The Morgan fingerprint density at radius 3 is 2.52 bits per heavy atom. The zero-order chi connectivity index (χ0) is 17.9. The highest BCUT2D eigenvalue weighted by Gasteiger charge is 2.31. The van der Waals surface area contributed by atoms with Crippen molar-refractivity contribution in [3.8, 4) is 11.5 Å². The Labute approximate surface area is 147 Å². The van der Waals surface area contributed by atoms with E-state index >= 15 is 0 Å². The zero-order valence-corrected chi connectivity index (χ0v) is 14.7. The maximum Gasteiger partial charge on any atom is 0.322 e. The number of ether oxygens (including phenoxy) is 1. The topological polar surface area (TPSA) is 75.7 Å². The molecular weight excluding hydrogens is 340 g/mol. The molecular formula is C18H20N2O4S. The fourth-order valence-electron chi connectivity index (χ4n) is 2.61. The third kappa shape index (κ3) is 4.11. The molecule has 0 radical (unpaired) electrons. The van der Waals surface area contributed by atoms with E-state index in [1.807, 2.05) is 36.4 Å². The molecule has 1 unspecified atom stereocenters. The summed E-state index contributed by atoms with van der Waals surface area (Å²) in [6.07, 6.45) is 0. The number of anilines is 1. The van der Waals surface area contributed by atoms with Crippen LogP contribution in [0.4, 0.5) is 10.5 Å². The first-order chi connectivity index (χ1) is 12.0. The largest absolute Gasteiger partial charge is 0.455 e. The van der Waals surface area contributed by atoms with Gasteiger partial charge in [0.05, 0.1) is 16.7 Å². The minimum absolute atomic E-state index is 0.0102. The van der Waals surface area contributed by atoms with Gasteiger partial charge in [-0.2, -0.15) is 0 Å². The van der Waals surface area contributed by atoms with E-state index in [-0.39, 0.29) is 24.9 Å². The lowest BCUT2D eigenvalue weighted by atomic mass is 10.3. The van der Waals surface area contributed by atoms with Gasteiger partial charge in [-0.25, -0.2) is 13.2 Å². The zero-order valence-electron chi connectivity index (χ0n) is 13.9. The molecule has 2 amide bonds. The summed E-state index contributed by atoms with van der Waals surface area (Å²) < 4.78 is 29.4. The van der Waals surface area contributed by atoms with Gasteiger partial charge in [0.15, 0.2) is 15.6 Å². The standard InChI is InChI=1S/C18H20N2O4S/c1-14-13-20(11-12-25(14,22)23)18(21)19-16-9-5-6-10-17(16)24-15-7-3-2-4-8-15/h2-10,14H,11-13H2,1H3,(H,19,21). The number of nitrogens with one attached hydrogen (secondary N) is 1. The Hall–Kier alpha value is -2.54. The monoisotopic (exact) mass is 360 g/mol. The van der Waals surface area contributed by atoms with Crippen molar-refractivity contribution in [2.24, 2.45) is 0 Å². The van der Waals surface area contributed by atoms with Crippen LogP contribution in [0.25, 0.3) is 0 Å². The van der Waals surface area contributed by atoms with Gasteiger partial charge >= 0.3 is 6.03 Å². The van der Waals surface area contributed by atoms with E-state index in [9.17, 15) is 13.2 Å². The summed E-state index contributed by atoms with van der Waals surface area (Å²) in [6.45, 7) is 2.01. The number of para-hydroxylation sites is 3. The third-order valence-corrected chi connectivity index (χ3v) is 6.25. The van der Waals surface area contributed by atoms with Crippen LogP contribution in [0.1, 0.15) is 6.92 Å². The molecule has 1 heterocycles. The van der Waals surface area contributed by atoms with Gasteiger partial charge in [-0.15, -0.1) is 0 Å². The highest BCUT2D eigenvalue weighted by molar-refractivity contribution is 7.92. The average Bonchev–Trinajstić information content (AvgIpc) is 2.60. The normalized spacial score (nSPS) is 19.2. The molecule has 6 nitrogen and oxygen atoms in total. The average molecular weight is 360 g/mol. The Balaban J connectivity index is 1.72. The second-order valence-electron chi connectivity index (χ2n) is 5.97. The van der Waals surface area contributed by atoms with E-state index in [0.717, 1.165) is 0 Å². The van der Waals surface area contributed by atoms with Crippen LogP contribution in [-0.2, 0) is 9.84 Å². The maximum atomic E-state index is 12.5. The van der Waals surface area contributed by atoms with Crippen LogP contribution >= 0.6 is 0 Å². The van der Waals surface area contributed by atoms with Crippen molar-refractivity contribution >= 4 is 21.6 Å². The molecule has 1 aliphatic rings. The minimum Gasteiger partial charge on any atom is -0.455 e. The molecule has 0 aliphatic carbocycles. The van der Waals surface area contributed by atoms with Crippen LogP contribution in [0.15, 0.2) is 54.6 Å². The van der Waals surface area contributed by atoms with Crippen LogP contribution in [0.5, 0.6) is 11.5 Å². The molecule has 1 N–H and O–H groups in total. The van der Waals surface area contributed by atoms with Crippen molar-refractivity contribution < 1.29 is 17.9 Å². The third-order valence-electron chi connectivity index (χ3n) is 4.12. The van der Waals surface area contributed by atoms with Gasteiger partial charge in [-0.3, -0.25) is 0 Å². The van der Waals surface area contributed by atoms with E-state index in [2.05, 4.69) is 5.32 Å². The first-order valence-corrected chi connectivity index (χ1v) is 9.77. The number of carbonyl (C=O) groups excluding carboxylic acids is 1. The van der Waals surface area contributed by atoms with Gasteiger partial charge in [0.2, 0.25) is 0 Å². The number of urea groups is 1. The van der Waals surface area contributed by atoms with Crippen LogP contribution in [0.2, 0.25) is 0 Å². The molecule has 1 saturated heterocycles. The van der Waals surface area contributed by atoms with Crippen molar-refractivity contribution in [1.29, 1.82) is 0 Å². The molecule has 2 aromatic carbocycles. The Kier molecular flexibility index (Phi) is 4.94. The SMILES string of the molecule is CC1CN(C(=O)Nc2ccccc2Oc2ccccc2)CCS1(=O)=O. The lowest BCUT2D eigenvalue weighted by molar-refractivity contribution is 0.212. The molecule has 0 aromatic heterocycles. The number of amides is 2. The number of carbonyl (C=O) groups is 1. The first-order valence-electron chi connectivity index (χ1n) is 8.05. The summed E-state index contributed by atoms with van der Waals surface area (Å²) in [5, 5.41) is 2.26. The van der Waals surface area contributed by atoms with Gasteiger partial charge in [0.25, 0.3) is 0 Å². The number of sulfone groups is 1. The van der Waals surface area contributed by atoms with Crippen molar-refractivity contribution in [2.45, 2.75) is 12.2 Å². The molecule has 132 valence electrons. The maximum absolute atomic E-state index is 12.5. The summed E-state index contributed by atoms with van der Waals surface area (Å²) in [7, 11) is -3.10. The van der Waals surface area contributed by atoms with Crippen molar-refractivity contribution in [1.82, 2.24) is 4.90 Å². The van der Waals surface area contributed by atoms with E-state index in [1.165, 1.54) is 4.90 Å².